The van der Waals surface area contributed by atoms with Gasteiger partial charge < -0.3 is 15.6 Å². The third kappa shape index (κ3) is 3.68. The van der Waals surface area contributed by atoms with E-state index >= 15 is 0 Å². The highest BCUT2D eigenvalue weighted by Crippen LogP contribution is 2.19. The lowest BCUT2D eigenvalue weighted by molar-refractivity contribution is 0.629. The number of thiocarbonyl (C=S) groups is 1. The Morgan fingerprint density at radius 1 is 1.22 bits per heavy atom. The summed E-state index contributed by atoms with van der Waals surface area (Å²) < 4.78 is 13.4. The van der Waals surface area contributed by atoms with E-state index in [-0.39, 0.29) is 5.82 Å². The molecule has 2 aromatic carbocycles. The molecule has 0 fully saturated rings. The average molecular weight is 327 g/mol. The molecule has 3 rings (SSSR count). The van der Waals surface area contributed by atoms with E-state index in [0.29, 0.717) is 11.7 Å². The predicted molar refractivity (Wildman–Crippen MR) is 97.4 cm³/mol. The third-order valence-electron chi connectivity index (χ3n) is 3.80. The van der Waals surface area contributed by atoms with Crippen molar-refractivity contribution >= 4 is 33.9 Å². The van der Waals surface area contributed by atoms with Gasteiger partial charge in [-0.05, 0) is 61.0 Å². The Bertz CT molecular complexity index is 841. The van der Waals surface area contributed by atoms with Gasteiger partial charge in [-0.1, -0.05) is 18.2 Å². The van der Waals surface area contributed by atoms with Crippen LogP contribution in [-0.4, -0.2) is 16.6 Å². The molecule has 5 heteroatoms. The first-order valence-corrected chi connectivity index (χ1v) is 7.90. The Morgan fingerprint density at radius 3 is 2.87 bits per heavy atom. The van der Waals surface area contributed by atoms with Crippen molar-refractivity contribution in [2.45, 2.75) is 13.3 Å². The minimum absolute atomic E-state index is 0.219. The number of para-hydroxylation sites is 1. The number of rotatable bonds is 4. The van der Waals surface area contributed by atoms with Crippen LogP contribution in [0.4, 0.5) is 10.1 Å². The molecule has 3 N–H and O–H groups in total. The van der Waals surface area contributed by atoms with Crippen LogP contribution < -0.4 is 10.6 Å². The van der Waals surface area contributed by atoms with Crippen molar-refractivity contribution in [2.75, 3.05) is 11.9 Å². The Hall–Kier alpha value is -2.40. The van der Waals surface area contributed by atoms with Crippen LogP contribution in [0.15, 0.2) is 48.7 Å². The molecule has 3 nitrogen and oxygen atoms in total. The van der Waals surface area contributed by atoms with Crippen molar-refractivity contribution in [2.24, 2.45) is 0 Å². The average Bonchev–Trinajstić information content (AvgIpc) is 2.92. The third-order valence-corrected chi connectivity index (χ3v) is 4.05. The molecule has 1 aromatic heterocycles. The first-order chi connectivity index (χ1) is 11.1. The number of hydrogen-bond acceptors (Lipinski definition) is 1. The number of aryl methyl sites for hydroxylation is 1. The van der Waals surface area contributed by atoms with Gasteiger partial charge in [-0.2, -0.15) is 0 Å². The molecule has 118 valence electrons. The van der Waals surface area contributed by atoms with Crippen molar-refractivity contribution < 1.29 is 4.39 Å². The van der Waals surface area contributed by atoms with Gasteiger partial charge in [0.1, 0.15) is 5.82 Å². The SMILES string of the molecule is Cc1ccccc1NC(=S)NCCc1c[nH]c2ccc(F)cc12. The van der Waals surface area contributed by atoms with Crippen LogP contribution in [0, 0.1) is 12.7 Å². The van der Waals surface area contributed by atoms with Crippen molar-refractivity contribution in [1.29, 1.82) is 0 Å². The van der Waals surface area contributed by atoms with Gasteiger partial charge in [0.2, 0.25) is 0 Å². The van der Waals surface area contributed by atoms with E-state index in [0.717, 1.165) is 34.1 Å². The molecule has 1 heterocycles. The highest BCUT2D eigenvalue weighted by molar-refractivity contribution is 7.80. The summed E-state index contributed by atoms with van der Waals surface area (Å²) in [5, 5.41) is 7.89. The maximum absolute atomic E-state index is 13.4. The summed E-state index contributed by atoms with van der Waals surface area (Å²) in [4.78, 5) is 3.16. The number of H-pyrrole nitrogens is 1. The van der Waals surface area contributed by atoms with Crippen LogP contribution >= 0.6 is 12.2 Å². The zero-order chi connectivity index (χ0) is 16.2. The second-order valence-electron chi connectivity index (χ2n) is 5.45. The fraction of sp³-hybridized carbons (Fsp3) is 0.167. The normalized spacial score (nSPS) is 10.7. The van der Waals surface area contributed by atoms with Crippen LogP contribution in [0.5, 0.6) is 0 Å². The molecule has 0 unspecified atom stereocenters. The topological polar surface area (TPSA) is 39.8 Å². The first kappa shape index (κ1) is 15.5. The van der Waals surface area contributed by atoms with E-state index in [9.17, 15) is 4.39 Å². The van der Waals surface area contributed by atoms with Gasteiger partial charge >= 0.3 is 0 Å². The van der Waals surface area contributed by atoms with Crippen LogP contribution in [0.3, 0.4) is 0 Å². The van der Waals surface area contributed by atoms with Crippen LogP contribution in [-0.2, 0) is 6.42 Å². The van der Waals surface area contributed by atoms with Gasteiger partial charge in [-0.25, -0.2) is 4.39 Å². The predicted octanol–water partition coefficient (Wildman–Crippen LogP) is 4.14. The van der Waals surface area contributed by atoms with E-state index in [4.69, 9.17) is 12.2 Å². The van der Waals surface area contributed by atoms with Crippen LogP contribution in [0.1, 0.15) is 11.1 Å². The van der Waals surface area contributed by atoms with Crippen molar-refractivity contribution in [3.63, 3.8) is 0 Å². The highest BCUT2D eigenvalue weighted by atomic mass is 32.1. The summed E-state index contributed by atoms with van der Waals surface area (Å²) in [6.07, 6.45) is 2.68. The lowest BCUT2D eigenvalue weighted by Crippen LogP contribution is -2.30. The molecule has 23 heavy (non-hydrogen) atoms. The summed E-state index contributed by atoms with van der Waals surface area (Å²) in [6.45, 7) is 2.71. The molecule has 0 aliphatic rings. The Labute approximate surface area is 139 Å². The molecule has 0 amide bonds. The van der Waals surface area contributed by atoms with Crippen LogP contribution in [0.25, 0.3) is 10.9 Å². The second-order valence-corrected chi connectivity index (χ2v) is 5.86. The van der Waals surface area contributed by atoms with E-state index < -0.39 is 0 Å². The number of halogens is 1. The molecule has 0 aliphatic heterocycles. The molecule has 0 atom stereocenters. The van der Waals surface area contributed by atoms with E-state index in [1.165, 1.54) is 6.07 Å². The van der Waals surface area contributed by atoms with Gasteiger partial charge in [0.25, 0.3) is 0 Å². The van der Waals surface area contributed by atoms with Crippen LogP contribution in [0.2, 0.25) is 0 Å². The molecule has 0 aliphatic carbocycles. The first-order valence-electron chi connectivity index (χ1n) is 7.49. The number of aromatic amines is 1. The zero-order valence-corrected chi connectivity index (χ0v) is 13.6. The van der Waals surface area contributed by atoms with Crippen molar-refractivity contribution in [3.05, 3.63) is 65.6 Å². The standard InChI is InChI=1S/C18H18FN3S/c1-12-4-2-3-5-16(12)22-18(23)20-9-8-13-11-21-17-7-6-14(19)10-15(13)17/h2-7,10-11,21H,8-9H2,1H3,(H2,20,22,23). The monoisotopic (exact) mass is 327 g/mol. The van der Waals surface area contributed by atoms with Gasteiger partial charge in [0, 0.05) is 29.3 Å². The number of hydrogen-bond donors (Lipinski definition) is 3. The minimum Gasteiger partial charge on any atom is -0.362 e. The molecule has 0 bridgehead atoms. The van der Waals surface area contributed by atoms with Gasteiger partial charge in [-0.3, -0.25) is 0 Å². The largest absolute Gasteiger partial charge is 0.362 e. The summed E-state index contributed by atoms with van der Waals surface area (Å²) in [6, 6.07) is 12.8. The smallest absolute Gasteiger partial charge is 0.170 e. The quantitative estimate of drug-likeness (QED) is 0.631. The van der Waals surface area contributed by atoms with E-state index in [1.54, 1.807) is 12.1 Å². The molecule has 0 saturated carbocycles. The Kier molecular flexibility index (Phi) is 4.57. The number of fused-ring (bicyclic) bond motifs is 1. The summed E-state index contributed by atoms with van der Waals surface area (Å²) >= 11 is 5.32. The molecule has 0 radical (unpaired) electrons. The Morgan fingerprint density at radius 2 is 2.04 bits per heavy atom. The van der Waals surface area contributed by atoms with Crippen molar-refractivity contribution in [3.8, 4) is 0 Å². The highest BCUT2D eigenvalue weighted by Gasteiger charge is 2.05. The molecule has 0 saturated heterocycles. The lowest BCUT2D eigenvalue weighted by atomic mass is 10.1. The van der Waals surface area contributed by atoms with Gasteiger partial charge in [-0.15, -0.1) is 0 Å². The number of aromatic nitrogens is 1. The van der Waals surface area contributed by atoms with E-state index in [2.05, 4.69) is 15.6 Å². The number of benzene rings is 2. The summed E-state index contributed by atoms with van der Waals surface area (Å²) in [5.74, 6) is -0.219. The molecule has 3 aromatic rings. The van der Waals surface area contributed by atoms with E-state index in [1.807, 2.05) is 37.4 Å². The Balaban J connectivity index is 1.57. The second kappa shape index (κ2) is 6.79. The molecular weight excluding hydrogens is 309 g/mol. The summed E-state index contributed by atoms with van der Waals surface area (Å²) in [5.41, 5.74) is 4.16. The van der Waals surface area contributed by atoms with Gasteiger partial charge in [0.15, 0.2) is 5.11 Å². The fourth-order valence-electron chi connectivity index (χ4n) is 2.55. The summed E-state index contributed by atoms with van der Waals surface area (Å²) in [7, 11) is 0. The molecule has 0 spiro atoms. The minimum atomic E-state index is -0.219. The maximum Gasteiger partial charge on any atom is 0.170 e. The van der Waals surface area contributed by atoms with Crippen molar-refractivity contribution in [1.82, 2.24) is 10.3 Å². The van der Waals surface area contributed by atoms with Gasteiger partial charge in [0.05, 0.1) is 0 Å². The molecular formula is C18H18FN3S. The zero-order valence-electron chi connectivity index (χ0n) is 12.8. The maximum atomic E-state index is 13.4. The lowest BCUT2D eigenvalue weighted by Gasteiger charge is -2.12. The fourth-order valence-corrected chi connectivity index (χ4v) is 2.76. The number of nitrogens with one attached hydrogen (secondary N) is 3. The number of anilines is 1.